The van der Waals surface area contributed by atoms with Crippen LogP contribution in [0.4, 0.5) is 0 Å². The molecule has 2 aromatic rings. The minimum Gasteiger partial charge on any atom is -0.0613 e. The highest BCUT2D eigenvalue weighted by atomic mass is 79.9. The quantitative estimate of drug-likeness (QED) is 0.625. The molecule has 13 heavy (non-hydrogen) atoms. The number of halogens is 1. The van der Waals surface area contributed by atoms with Gasteiger partial charge in [-0.15, -0.1) is 0 Å². The third kappa shape index (κ3) is 1.07. The molecule has 1 aliphatic heterocycles. The van der Waals surface area contributed by atoms with E-state index in [4.69, 9.17) is 0 Å². The molecular weight excluding hydrogens is 243 g/mol. The molecule has 0 bridgehead atoms. The Morgan fingerprint density at radius 2 is 1.85 bits per heavy atom. The van der Waals surface area contributed by atoms with Gasteiger partial charge < -0.3 is 0 Å². The first-order valence-corrected chi connectivity index (χ1v) is 7.85. The fourth-order valence-electron chi connectivity index (χ4n) is 1.97. The zero-order chi connectivity index (χ0) is 8.84. The summed E-state index contributed by atoms with van der Waals surface area (Å²) < 4.78 is 0. The minimum absolute atomic E-state index is 0.0980. The van der Waals surface area contributed by atoms with Gasteiger partial charge in [0, 0.05) is 12.8 Å². The van der Waals surface area contributed by atoms with Gasteiger partial charge in [-0.1, -0.05) is 51.9 Å². The molecule has 0 saturated heterocycles. The van der Waals surface area contributed by atoms with Crippen LogP contribution in [0.2, 0.25) is 0 Å². The van der Waals surface area contributed by atoms with Crippen molar-refractivity contribution in [2.45, 2.75) is 6.16 Å². The van der Waals surface area contributed by atoms with E-state index in [0.717, 1.165) is 0 Å². The average Bonchev–Trinajstić information content (AvgIpc) is 2.47. The number of hydrogen-bond donors (Lipinski definition) is 0. The van der Waals surface area contributed by atoms with Crippen molar-refractivity contribution in [1.29, 1.82) is 0 Å². The highest BCUT2D eigenvalue weighted by Crippen LogP contribution is 2.53. The van der Waals surface area contributed by atoms with Crippen LogP contribution in [0, 0.1) is 0 Å². The Morgan fingerprint density at radius 3 is 2.69 bits per heavy atom. The van der Waals surface area contributed by atoms with Crippen LogP contribution < -0.4 is 5.30 Å². The Kier molecular flexibility index (Phi) is 1.71. The van der Waals surface area contributed by atoms with E-state index >= 15 is 0 Å². The fourth-order valence-corrected chi connectivity index (χ4v) is 5.16. The van der Waals surface area contributed by atoms with Gasteiger partial charge in [0.05, 0.1) is 0 Å². The summed E-state index contributed by atoms with van der Waals surface area (Å²) >= 11 is 3.78. The summed E-state index contributed by atoms with van der Waals surface area (Å²) in [5.74, 6) is 0. The molecule has 0 aromatic heterocycles. The lowest BCUT2D eigenvalue weighted by Crippen LogP contribution is -1.92. The van der Waals surface area contributed by atoms with Gasteiger partial charge in [-0.2, -0.15) is 0 Å². The molecule has 0 amide bonds. The summed E-state index contributed by atoms with van der Waals surface area (Å²) in [5, 5.41) is 4.40. The van der Waals surface area contributed by atoms with Gasteiger partial charge in [0.2, 0.25) is 0 Å². The molecule has 1 atom stereocenters. The predicted molar refractivity (Wildman–Crippen MR) is 63.1 cm³/mol. The van der Waals surface area contributed by atoms with Gasteiger partial charge in [0.15, 0.2) is 0 Å². The Hall–Kier alpha value is -0.390. The van der Waals surface area contributed by atoms with E-state index in [0.29, 0.717) is 0 Å². The van der Waals surface area contributed by atoms with Gasteiger partial charge >= 0.3 is 0 Å². The lowest BCUT2D eigenvalue weighted by atomic mass is 10.1. The Labute approximate surface area is 86.5 Å². The molecule has 64 valence electrons. The molecule has 0 spiro atoms. The van der Waals surface area contributed by atoms with Gasteiger partial charge in [0.1, 0.15) is 0 Å². The molecule has 0 fully saturated rings. The predicted octanol–water partition coefficient (Wildman–Crippen LogP) is 3.77. The molecule has 2 heteroatoms. The van der Waals surface area contributed by atoms with Crippen LogP contribution in [0.15, 0.2) is 36.4 Å². The van der Waals surface area contributed by atoms with Crippen LogP contribution in [-0.4, -0.2) is 0 Å². The third-order valence-electron chi connectivity index (χ3n) is 2.54. The van der Waals surface area contributed by atoms with Crippen LogP contribution >= 0.6 is 22.1 Å². The molecule has 0 N–H and O–H groups in total. The highest BCUT2D eigenvalue weighted by molar-refractivity contribution is 9.40. The molecule has 0 aliphatic carbocycles. The lowest BCUT2D eigenvalue weighted by Gasteiger charge is -2.01. The van der Waals surface area contributed by atoms with E-state index in [1.54, 1.807) is 0 Å². The van der Waals surface area contributed by atoms with Crippen molar-refractivity contribution < 1.29 is 0 Å². The first-order valence-electron chi connectivity index (χ1n) is 4.30. The summed E-state index contributed by atoms with van der Waals surface area (Å²) in [4.78, 5) is 0. The third-order valence-corrected chi connectivity index (χ3v) is 5.95. The van der Waals surface area contributed by atoms with Crippen LogP contribution in [0.3, 0.4) is 0 Å². The average molecular weight is 251 g/mol. The monoisotopic (exact) mass is 250 g/mol. The van der Waals surface area contributed by atoms with E-state index in [1.165, 1.54) is 27.8 Å². The highest BCUT2D eigenvalue weighted by Gasteiger charge is 2.20. The molecule has 0 radical (unpaired) electrons. The van der Waals surface area contributed by atoms with Gasteiger partial charge in [0.25, 0.3) is 0 Å². The molecule has 1 heterocycles. The zero-order valence-corrected chi connectivity index (χ0v) is 9.48. The summed E-state index contributed by atoms with van der Waals surface area (Å²) in [5.41, 5.74) is 1.51. The molecule has 1 aliphatic rings. The molecule has 0 nitrogen and oxygen atoms in total. The summed E-state index contributed by atoms with van der Waals surface area (Å²) in [7, 11) is 0. The molecule has 0 saturated carbocycles. The summed E-state index contributed by atoms with van der Waals surface area (Å²) in [6.45, 7) is -0.0980. The first kappa shape index (κ1) is 7.96. The molecular formula is C11H8BrP. The molecule has 1 unspecified atom stereocenters. The van der Waals surface area contributed by atoms with Crippen molar-refractivity contribution in [1.82, 2.24) is 0 Å². The summed E-state index contributed by atoms with van der Waals surface area (Å²) in [6.07, 6.45) is 1.20. The van der Waals surface area contributed by atoms with Crippen molar-refractivity contribution in [3.63, 3.8) is 0 Å². The van der Waals surface area contributed by atoms with Crippen LogP contribution in [0.5, 0.6) is 0 Å². The van der Waals surface area contributed by atoms with E-state index in [9.17, 15) is 0 Å². The lowest BCUT2D eigenvalue weighted by molar-refractivity contribution is 1.49. The first-order chi connectivity index (χ1) is 6.36. The topological polar surface area (TPSA) is 0 Å². The smallest absolute Gasteiger partial charge is 0.00724 e. The SMILES string of the molecule is BrP1Cc2cccc3cccc1c23. The zero-order valence-electron chi connectivity index (χ0n) is 7.00. The molecule has 3 rings (SSSR count). The van der Waals surface area contributed by atoms with E-state index in [1.807, 2.05) is 0 Å². The number of hydrogen-bond acceptors (Lipinski definition) is 0. The standard InChI is InChI=1S/C11H8BrP/c12-13-7-9-5-1-3-8-4-2-6-10(13)11(8)9/h1-6H,7H2. The van der Waals surface area contributed by atoms with Crippen LogP contribution in [0.1, 0.15) is 5.56 Å². The van der Waals surface area contributed by atoms with Crippen LogP contribution in [-0.2, 0) is 6.16 Å². The van der Waals surface area contributed by atoms with E-state index in [-0.39, 0.29) is 6.62 Å². The van der Waals surface area contributed by atoms with Crippen LogP contribution in [0.25, 0.3) is 10.8 Å². The maximum absolute atomic E-state index is 3.78. The Morgan fingerprint density at radius 1 is 1.08 bits per heavy atom. The second kappa shape index (κ2) is 2.80. The van der Waals surface area contributed by atoms with Crippen molar-refractivity contribution in [2.75, 3.05) is 0 Å². The van der Waals surface area contributed by atoms with E-state index < -0.39 is 0 Å². The van der Waals surface area contributed by atoms with Gasteiger partial charge in [-0.25, -0.2) is 0 Å². The van der Waals surface area contributed by atoms with Crippen molar-refractivity contribution in [3.8, 4) is 0 Å². The maximum atomic E-state index is 3.78. The van der Waals surface area contributed by atoms with Crippen molar-refractivity contribution in [3.05, 3.63) is 42.0 Å². The number of rotatable bonds is 0. The summed E-state index contributed by atoms with van der Waals surface area (Å²) in [6, 6.07) is 13.2. The second-order valence-electron chi connectivity index (χ2n) is 3.31. The van der Waals surface area contributed by atoms with Gasteiger partial charge in [-0.3, -0.25) is 0 Å². The van der Waals surface area contributed by atoms with Crippen molar-refractivity contribution >= 4 is 38.2 Å². The van der Waals surface area contributed by atoms with Crippen molar-refractivity contribution in [2.24, 2.45) is 0 Å². The fraction of sp³-hybridized carbons (Fsp3) is 0.0909. The Balaban J connectivity index is 2.51. The number of benzene rings is 2. The Bertz CT molecular complexity index is 473. The maximum Gasteiger partial charge on any atom is 0.00724 e. The normalized spacial score (nSPS) is 19.6. The van der Waals surface area contributed by atoms with Gasteiger partial charge in [-0.05, 0) is 21.6 Å². The minimum atomic E-state index is -0.0980. The molecule has 2 aromatic carbocycles. The largest absolute Gasteiger partial charge is 0.0613 e. The van der Waals surface area contributed by atoms with E-state index in [2.05, 4.69) is 51.9 Å². The second-order valence-corrected chi connectivity index (χ2v) is 7.40.